The summed E-state index contributed by atoms with van der Waals surface area (Å²) in [6, 6.07) is 12.4. The van der Waals surface area contributed by atoms with Crippen molar-refractivity contribution in [2.75, 3.05) is 5.32 Å². The summed E-state index contributed by atoms with van der Waals surface area (Å²) in [5.74, 6) is -0.366. The predicted octanol–water partition coefficient (Wildman–Crippen LogP) is 2.42. The maximum atomic E-state index is 12.7. The van der Waals surface area contributed by atoms with Crippen LogP contribution < -0.4 is 10.8 Å². The third-order valence-electron chi connectivity index (χ3n) is 2.55. The maximum Gasteiger partial charge on any atom is 0.411 e. The van der Waals surface area contributed by atoms with Gasteiger partial charge in [0.05, 0.1) is 0 Å². The van der Waals surface area contributed by atoms with E-state index in [2.05, 4.69) is 10.4 Å². The Morgan fingerprint density at radius 3 is 2.40 bits per heavy atom. The van der Waals surface area contributed by atoms with E-state index in [0.29, 0.717) is 11.4 Å². The number of hydrogen-bond donors (Lipinski definition) is 2. The Balaban J connectivity index is 1.85. The summed E-state index contributed by atoms with van der Waals surface area (Å²) in [7, 11) is 0. The van der Waals surface area contributed by atoms with Gasteiger partial charge in [0.1, 0.15) is 18.1 Å². The summed E-state index contributed by atoms with van der Waals surface area (Å²) >= 11 is 0. The number of nitrogens with zero attached hydrogens (tertiary/aromatic N) is 1. The van der Waals surface area contributed by atoms with Crippen LogP contribution in [-0.4, -0.2) is 6.09 Å². The van der Waals surface area contributed by atoms with Gasteiger partial charge < -0.3 is 4.74 Å². The molecule has 2 aromatic carbocycles. The Morgan fingerprint density at radius 2 is 1.80 bits per heavy atom. The van der Waals surface area contributed by atoms with Gasteiger partial charge in [0.25, 0.3) is 0 Å². The van der Waals surface area contributed by atoms with Crippen LogP contribution in [0, 0.1) is 5.82 Å². The van der Waals surface area contributed by atoms with E-state index in [1.165, 1.54) is 24.3 Å². The minimum Gasteiger partial charge on any atom is -0.444 e. The highest BCUT2D eigenvalue weighted by atomic mass is 19.1. The van der Waals surface area contributed by atoms with Crippen LogP contribution in [0.3, 0.4) is 0 Å². The molecule has 20 heavy (non-hydrogen) atoms. The van der Waals surface area contributed by atoms with Gasteiger partial charge in [-0.2, -0.15) is 5.53 Å². The smallest absolute Gasteiger partial charge is 0.411 e. The number of benzene rings is 2. The SMILES string of the molecule is [NH2+]=Nc1ccc(COC(=O)Nc2ccc(F)cc2)cc1. The van der Waals surface area contributed by atoms with Gasteiger partial charge in [-0.05, 0) is 47.1 Å². The number of halogens is 1. The molecule has 0 saturated carbocycles. The first-order chi connectivity index (χ1) is 9.67. The largest absolute Gasteiger partial charge is 0.444 e. The third-order valence-corrected chi connectivity index (χ3v) is 2.55. The van der Waals surface area contributed by atoms with Crippen LogP contribution in [0.1, 0.15) is 5.56 Å². The highest BCUT2D eigenvalue weighted by Crippen LogP contribution is 2.13. The molecule has 0 aromatic heterocycles. The molecule has 0 fully saturated rings. The number of amides is 1. The molecule has 6 heteroatoms. The topological polar surface area (TPSA) is 76.3 Å². The van der Waals surface area contributed by atoms with E-state index in [1.54, 1.807) is 24.3 Å². The second-order valence-corrected chi connectivity index (χ2v) is 4.00. The van der Waals surface area contributed by atoms with Crippen molar-refractivity contribution in [3.05, 3.63) is 59.9 Å². The zero-order chi connectivity index (χ0) is 14.4. The van der Waals surface area contributed by atoms with Gasteiger partial charge in [-0.15, -0.1) is 0 Å². The number of carbonyl (C=O) groups excluding carboxylic acids is 1. The van der Waals surface area contributed by atoms with Crippen LogP contribution in [-0.2, 0) is 11.3 Å². The molecule has 0 unspecified atom stereocenters. The molecule has 0 bridgehead atoms. The highest BCUT2D eigenvalue weighted by Gasteiger charge is 2.04. The normalized spacial score (nSPS) is 9.85. The summed E-state index contributed by atoms with van der Waals surface area (Å²) < 4.78 is 17.7. The molecule has 0 aliphatic rings. The molecule has 102 valence electrons. The fourth-order valence-electron chi connectivity index (χ4n) is 1.51. The fourth-order valence-corrected chi connectivity index (χ4v) is 1.51. The number of nitrogens with one attached hydrogen (secondary N) is 1. The Bertz CT molecular complexity index is 597. The molecule has 0 saturated heterocycles. The lowest BCUT2D eigenvalue weighted by Gasteiger charge is -2.07. The monoisotopic (exact) mass is 274 g/mol. The van der Waals surface area contributed by atoms with E-state index in [9.17, 15) is 9.18 Å². The zero-order valence-electron chi connectivity index (χ0n) is 10.5. The van der Waals surface area contributed by atoms with Crippen molar-refractivity contribution in [3.63, 3.8) is 0 Å². The van der Waals surface area contributed by atoms with Crippen molar-refractivity contribution in [1.82, 2.24) is 0 Å². The van der Waals surface area contributed by atoms with Crippen LogP contribution in [0.2, 0.25) is 0 Å². The van der Waals surface area contributed by atoms with Gasteiger partial charge in [-0.1, -0.05) is 12.1 Å². The minimum atomic E-state index is -0.607. The van der Waals surface area contributed by atoms with Crippen molar-refractivity contribution >= 4 is 17.5 Å². The molecule has 5 nitrogen and oxygen atoms in total. The number of hydrogen-bond acceptors (Lipinski definition) is 3. The van der Waals surface area contributed by atoms with Crippen LogP contribution in [0.4, 0.5) is 20.6 Å². The molecule has 0 spiro atoms. The molecular formula is C14H13FN3O2+. The lowest BCUT2D eigenvalue weighted by molar-refractivity contribution is -0.210. The van der Waals surface area contributed by atoms with Crippen molar-refractivity contribution in [3.8, 4) is 0 Å². The third kappa shape index (κ3) is 3.88. The molecule has 1 amide bonds. The van der Waals surface area contributed by atoms with E-state index < -0.39 is 6.09 Å². The standard InChI is InChI=1S/C14H12FN3O2/c15-11-3-7-12(8-4-11)17-14(19)20-9-10-1-5-13(18-16)6-2-10/h1-8,16H,9H2,(H,17,19)/p+1. The number of nitrogens with two attached hydrogens (primary N) is 1. The number of rotatable bonds is 4. The van der Waals surface area contributed by atoms with Gasteiger partial charge >= 0.3 is 6.09 Å². The van der Waals surface area contributed by atoms with Crippen molar-refractivity contribution < 1.29 is 19.5 Å². The average Bonchev–Trinajstić information content (AvgIpc) is 2.48. The van der Waals surface area contributed by atoms with Gasteiger partial charge in [0.2, 0.25) is 0 Å². The second kappa shape index (κ2) is 6.42. The first-order valence-electron chi connectivity index (χ1n) is 5.86. The first kappa shape index (κ1) is 13.7. The molecule has 0 atom stereocenters. The van der Waals surface area contributed by atoms with Crippen LogP contribution >= 0.6 is 0 Å². The molecule has 0 heterocycles. The Kier molecular flexibility index (Phi) is 4.39. The fraction of sp³-hybridized carbons (Fsp3) is 0.0714. The molecular weight excluding hydrogens is 261 g/mol. The van der Waals surface area contributed by atoms with Crippen LogP contribution in [0.25, 0.3) is 0 Å². The van der Waals surface area contributed by atoms with E-state index in [1.807, 2.05) is 0 Å². The van der Waals surface area contributed by atoms with Gasteiger partial charge in [0, 0.05) is 5.69 Å². The van der Waals surface area contributed by atoms with Gasteiger partial charge in [-0.3, -0.25) is 5.32 Å². The zero-order valence-corrected chi connectivity index (χ0v) is 10.5. The minimum absolute atomic E-state index is 0.123. The Hall–Kier alpha value is -2.76. The molecule has 0 radical (unpaired) electrons. The van der Waals surface area contributed by atoms with E-state index in [-0.39, 0.29) is 12.4 Å². The van der Waals surface area contributed by atoms with E-state index in [0.717, 1.165) is 5.56 Å². The first-order valence-corrected chi connectivity index (χ1v) is 5.86. The maximum absolute atomic E-state index is 12.7. The summed E-state index contributed by atoms with van der Waals surface area (Å²) in [6.45, 7) is 0.123. The number of ether oxygens (including phenoxy) is 1. The molecule has 0 aliphatic carbocycles. The lowest BCUT2D eigenvalue weighted by atomic mass is 10.2. The second-order valence-electron chi connectivity index (χ2n) is 4.00. The Labute approximate surface area is 114 Å². The summed E-state index contributed by atoms with van der Waals surface area (Å²) in [5, 5.41) is 6.01. The highest BCUT2D eigenvalue weighted by molar-refractivity contribution is 5.84. The molecule has 0 aliphatic heterocycles. The number of anilines is 1. The van der Waals surface area contributed by atoms with Crippen molar-refractivity contribution in [2.45, 2.75) is 6.61 Å². The molecule has 2 aromatic rings. The molecule has 3 N–H and O–H groups in total. The summed E-state index contributed by atoms with van der Waals surface area (Å²) in [6.07, 6.45) is -0.607. The van der Waals surface area contributed by atoms with Crippen molar-refractivity contribution in [1.29, 1.82) is 0 Å². The number of carbonyl (C=O) groups is 1. The average molecular weight is 274 g/mol. The lowest BCUT2D eigenvalue weighted by Crippen LogP contribution is -2.21. The van der Waals surface area contributed by atoms with Crippen LogP contribution in [0.15, 0.2) is 53.6 Å². The molecule has 2 rings (SSSR count). The van der Waals surface area contributed by atoms with Gasteiger partial charge in [0.15, 0.2) is 0 Å². The van der Waals surface area contributed by atoms with Gasteiger partial charge in [-0.25, -0.2) is 9.18 Å². The Morgan fingerprint density at radius 1 is 1.15 bits per heavy atom. The van der Waals surface area contributed by atoms with E-state index >= 15 is 0 Å². The van der Waals surface area contributed by atoms with Crippen LogP contribution in [0.5, 0.6) is 0 Å². The van der Waals surface area contributed by atoms with Crippen molar-refractivity contribution in [2.24, 2.45) is 5.11 Å². The quantitative estimate of drug-likeness (QED) is 0.840. The van der Waals surface area contributed by atoms with E-state index in [4.69, 9.17) is 10.3 Å². The summed E-state index contributed by atoms with van der Waals surface area (Å²) in [4.78, 5) is 11.5. The summed E-state index contributed by atoms with van der Waals surface area (Å²) in [5.41, 5.74) is 7.04. The predicted molar refractivity (Wildman–Crippen MR) is 70.7 cm³/mol.